The first-order valence-electron chi connectivity index (χ1n) is 4.43. The predicted octanol–water partition coefficient (Wildman–Crippen LogP) is 1.44. The van der Waals surface area contributed by atoms with E-state index < -0.39 is 6.10 Å². The van der Waals surface area contributed by atoms with Gasteiger partial charge >= 0.3 is 0 Å². The first-order valence-corrected chi connectivity index (χ1v) is 4.81. The highest BCUT2D eigenvalue weighted by atomic mass is 35.5. The van der Waals surface area contributed by atoms with E-state index in [1.807, 2.05) is 6.07 Å². The average Bonchev–Trinajstić information content (AvgIpc) is 2.48. The summed E-state index contributed by atoms with van der Waals surface area (Å²) < 4.78 is 0. The minimum Gasteiger partial charge on any atom is -0.383 e. The van der Waals surface area contributed by atoms with Gasteiger partial charge in [-0.3, -0.25) is 4.79 Å². The number of halogens is 1. The Morgan fingerprint density at radius 2 is 2.29 bits per heavy atom. The zero-order valence-electron chi connectivity index (χ0n) is 7.48. The second-order valence-corrected chi connectivity index (χ2v) is 3.71. The Kier molecular flexibility index (Phi) is 2.44. The molecule has 1 atom stereocenters. The molecular weight excluding hydrogens is 202 g/mol. The van der Waals surface area contributed by atoms with Gasteiger partial charge in [0.1, 0.15) is 6.10 Å². The van der Waals surface area contributed by atoms with E-state index in [2.05, 4.69) is 0 Å². The third-order valence-electron chi connectivity index (χ3n) is 2.30. The van der Waals surface area contributed by atoms with E-state index in [0.717, 1.165) is 5.69 Å². The maximum atomic E-state index is 11.4. The van der Waals surface area contributed by atoms with Crippen molar-refractivity contribution in [1.82, 2.24) is 0 Å². The van der Waals surface area contributed by atoms with Gasteiger partial charge in [-0.05, 0) is 18.2 Å². The molecule has 0 radical (unpaired) electrons. The van der Waals surface area contributed by atoms with Crippen molar-refractivity contribution in [2.45, 2.75) is 12.5 Å². The summed E-state index contributed by atoms with van der Waals surface area (Å²) in [4.78, 5) is 13.0. The van der Waals surface area contributed by atoms with E-state index in [0.29, 0.717) is 18.0 Å². The van der Waals surface area contributed by atoms with Crippen LogP contribution in [0.25, 0.3) is 0 Å². The number of aliphatic hydroxyl groups excluding tert-OH is 1. The first-order chi connectivity index (χ1) is 6.68. The Balaban J connectivity index is 2.28. The van der Waals surface area contributed by atoms with Crippen molar-refractivity contribution in [2.24, 2.45) is 0 Å². The molecule has 4 heteroatoms. The van der Waals surface area contributed by atoms with Gasteiger partial charge < -0.3 is 10.0 Å². The molecule has 0 aliphatic carbocycles. The molecule has 3 nitrogen and oxygen atoms in total. The Hall–Kier alpha value is -1.06. The second-order valence-electron chi connectivity index (χ2n) is 3.27. The molecule has 1 aromatic carbocycles. The van der Waals surface area contributed by atoms with Gasteiger partial charge in [-0.2, -0.15) is 0 Å². The molecule has 1 amide bonds. The smallest absolute Gasteiger partial charge is 0.255 e. The van der Waals surface area contributed by atoms with Crippen LogP contribution in [0.1, 0.15) is 6.42 Å². The number of hydrogen-bond donors (Lipinski definition) is 1. The predicted molar refractivity (Wildman–Crippen MR) is 54.4 cm³/mol. The van der Waals surface area contributed by atoms with Crippen LogP contribution in [0.5, 0.6) is 0 Å². The molecule has 14 heavy (non-hydrogen) atoms. The third-order valence-corrected chi connectivity index (χ3v) is 2.53. The number of carbonyl (C=O) groups excluding carboxylic acids is 1. The number of hydrogen-bond acceptors (Lipinski definition) is 2. The number of rotatable bonds is 1. The van der Waals surface area contributed by atoms with Crippen molar-refractivity contribution >= 4 is 23.2 Å². The van der Waals surface area contributed by atoms with Crippen LogP contribution in [0.4, 0.5) is 5.69 Å². The van der Waals surface area contributed by atoms with Crippen LogP contribution in [0.3, 0.4) is 0 Å². The van der Waals surface area contributed by atoms with Gasteiger partial charge in [0.15, 0.2) is 0 Å². The lowest BCUT2D eigenvalue weighted by Gasteiger charge is -2.15. The fraction of sp³-hybridized carbons (Fsp3) is 0.300. The molecule has 1 unspecified atom stereocenters. The van der Waals surface area contributed by atoms with Crippen LogP contribution in [-0.2, 0) is 4.79 Å². The van der Waals surface area contributed by atoms with Gasteiger partial charge in [0.2, 0.25) is 0 Å². The number of benzene rings is 1. The van der Waals surface area contributed by atoms with Crippen LogP contribution >= 0.6 is 11.6 Å². The van der Waals surface area contributed by atoms with Crippen molar-refractivity contribution in [3.8, 4) is 0 Å². The van der Waals surface area contributed by atoms with E-state index in [9.17, 15) is 9.90 Å². The minimum absolute atomic E-state index is 0.243. The number of aliphatic hydroxyl groups is 1. The average molecular weight is 212 g/mol. The molecule has 0 bridgehead atoms. The molecule has 0 saturated carbocycles. The molecule has 1 heterocycles. The molecule has 1 aromatic rings. The summed E-state index contributed by atoms with van der Waals surface area (Å²) in [5.41, 5.74) is 0.749. The zero-order valence-corrected chi connectivity index (χ0v) is 8.24. The molecule has 0 aromatic heterocycles. The monoisotopic (exact) mass is 211 g/mol. The van der Waals surface area contributed by atoms with Crippen molar-refractivity contribution < 1.29 is 9.90 Å². The van der Waals surface area contributed by atoms with Crippen LogP contribution in [0, 0.1) is 0 Å². The van der Waals surface area contributed by atoms with Crippen molar-refractivity contribution in [3.63, 3.8) is 0 Å². The third kappa shape index (κ3) is 1.61. The SMILES string of the molecule is O=C1C(O)CCN1c1cccc(Cl)c1. The molecule has 1 fully saturated rings. The van der Waals surface area contributed by atoms with E-state index in [-0.39, 0.29) is 5.91 Å². The summed E-state index contributed by atoms with van der Waals surface area (Å²) in [7, 11) is 0. The quantitative estimate of drug-likeness (QED) is 0.764. The molecule has 1 saturated heterocycles. The van der Waals surface area contributed by atoms with Gasteiger partial charge in [-0.25, -0.2) is 0 Å². The van der Waals surface area contributed by atoms with Gasteiger partial charge in [-0.15, -0.1) is 0 Å². The van der Waals surface area contributed by atoms with E-state index >= 15 is 0 Å². The largest absolute Gasteiger partial charge is 0.383 e. The molecule has 1 aliphatic rings. The molecule has 0 spiro atoms. The summed E-state index contributed by atoms with van der Waals surface area (Å²) in [6, 6.07) is 7.07. The Labute approximate surface area is 86.9 Å². The van der Waals surface area contributed by atoms with E-state index in [1.165, 1.54) is 0 Å². The zero-order chi connectivity index (χ0) is 10.1. The van der Waals surface area contributed by atoms with Gasteiger partial charge in [0.05, 0.1) is 0 Å². The summed E-state index contributed by atoms with van der Waals surface area (Å²) in [6.07, 6.45) is -0.361. The topological polar surface area (TPSA) is 40.5 Å². The fourth-order valence-electron chi connectivity index (χ4n) is 1.57. The van der Waals surface area contributed by atoms with Gasteiger partial charge in [0.25, 0.3) is 5.91 Å². The lowest BCUT2D eigenvalue weighted by molar-refractivity contribution is -0.123. The highest BCUT2D eigenvalue weighted by Gasteiger charge is 2.30. The Morgan fingerprint density at radius 1 is 1.50 bits per heavy atom. The van der Waals surface area contributed by atoms with Crippen molar-refractivity contribution in [3.05, 3.63) is 29.3 Å². The molecule has 1 N–H and O–H groups in total. The van der Waals surface area contributed by atoms with Crippen molar-refractivity contribution in [2.75, 3.05) is 11.4 Å². The number of anilines is 1. The maximum Gasteiger partial charge on any atom is 0.255 e. The van der Waals surface area contributed by atoms with Gasteiger partial charge in [-0.1, -0.05) is 17.7 Å². The first kappa shape index (κ1) is 9.49. The number of carbonyl (C=O) groups is 1. The lowest BCUT2D eigenvalue weighted by atomic mass is 10.3. The Bertz CT molecular complexity index is 367. The van der Waals surface area contributed by atoms with Crippen molar-refractivity contribution in [1.29, 1.82) is 0 Å². The van der Waals surface area contributed by atoms with E-state index in [4.69, 9.17) is 11.6 Å². The van der Waals surface area contributed by atoms with Gasteiger partial charge in [0, 0.05) is 23.7 Å². The summed E-state index contributed by atoms with van der Waals surface area (Å²) >= 11 is 5.81. The molecule has 74 valence electrons. The summed E-state index contributed by atoms with van der Waals surface area (Å²) in [6.45, 7) is 0.556. The molecule has 1 aliphatic heterocycles. The second kappa shape index (κ2) is 3.59. The standard InChI is InChI=1S/C10H10ClNO2/c11-7-2-1-3-8(6-7)12-5-4-9(13)10(12)14/h1-3,6,9,13H,4-5H2. The fourth-order valence-corrected chi connectivity index (χ4v) is 1.75. The normalized spacial score (nSPS) is 21.7. The maximum absolute atomic E-state index is 11.4. The van der Waals surface area contributed by atoms with E-state index in [1.54, 1.807) is 23.1 Å². The minimum atomic E-state index is -0.853. The lowest BCUT2D eigenvalue weighted by Crippen LogP contribution is -2.28. The van der Waals surface area contributed by atoms with Crippen LogP contribution < -0.4 is 4.90 Å². The summed E-state index contributed by atoms with van der Waals surface area (Å²) in [5.74, 6) is -0.243. The highest BCUT2D eigenvalue weighted by molar-refractivity contribution is 6.30. The van der Waals surface area contributed by atoms with Crippen LogP contribution in [-0.4, -0.2) is 23.7 Å². The number of nitrogens with zero attached hydrogens (tertiary/aromatic N) is 1. The summed E-state index contributed by atoms with van der Waals surface area (Å²) in [5, 5.41) is 9.87. The highest BCUT2D eigenvalue weighted by Crippen LogP contribution is 2.24. The Morgan fingerprint density at radius 3 is 2.86 bits per heavy atom. The molecular formula is C10H10ClNO2. The molecule has 2 rings (SSSR count). The van der Waals surface area contributed by atoms with Crippen LogP contribution in [0.2, 0.25) is 5.02 Å². The van der Waals surface area contributed by atoms with Crippen LogP contribution in [0.15, 0.2) is 24.3 Å². The number of amides is 1.